The predicted molar refractivity (Wildman–Crippen MR) is 134 cm³/mol. The maximum Gasteiger partial charge on any atom is 0.246 e. The molecule has 0 spiro atoms. The third-order valence-corrected chi connectivity index (χ3v) is 8.60. The number of hydrogen-bond donors (Lipinski definition) is 1. The molecule has 34 heavy (non-hydrogen) atoms. The predicted octanol–water partition coefficient (Wildman–Crippen LogP) is 3.56. The minimum Gasteiger partial charge on any atom is -0.295 e. The van der Waals surface area contributed by atoms with Gasteiger partial charge in [-0.2, -0.15) is 4.72 Å². The van der Waals surface area contributed by atoms with Crippen molar-refractivity contribution in [2.24, 2.45) is 0 Å². The summed E-state index contributed by atoms with van der Waals surface area (Å²) in [7, 11) is -7.28. The Hall–Kier alpha value is -2.57. The second-order valence-corrected chi connectivity index (χ2v) is 12.9. The number of aromatic nitrogens is 1. The largest absolute Gasteiger partial charge is 0.295 e. The Kier molecular flexibility index (Phi) is 6.92. The van der Waals surface area contributed by atoms with Gasteiger partial charge in [-0.3, -0.25) is 9.69 Å². The Balaban J connectivity index is 1.48. The fourth-order valence-corrected chi connectivity index (χ4v) is 6.54. The van der Waals surface area contributed by atoms with Gasteiger partial charge in [0.05, 0.1) is 9.23 Å². The number of sulfone groups is 1. The summed E-state index contributed by atoms with van der Waals surface area (Å²) in [6, 6.07) is 12.4. The van der Waals surface area contributed by atoms with Crippen LogP contribution in [-0.4, -0.2) is 46.6 Å². The summed E-state index contributed by atoms with van der Waals surface area (Å²) >= 11 is 7.09. The molecule has 8 nitrogen and oxygen atoms in total. The molecular weight excluding hydrogens is 518 g/mol. The number of sulfonamides is 1. The number of benzene rings is 1. The summed E-state index contributed by atoms with van der Waals surface area (Å²) in [6.07, 6.45) is 4.35. The van der Waals surface area contributed by atoms with Gasteiger partial charge in [0.15, 0.2) is 9.84 Å². The number of thiophene rings is 1. The van der Waals surface area contributed by atoms with Gasteiger partial charge in [-0.15, -0.1) is 11.3 Å². The van der Waals surface area contributed by atoms with Crippen molar-refractivity contribution in [2.45, 2.75) is 17.4 Å². The van der Waals surface area contributed by atoms with Crippen molar-refractivity contribution in [1.29, 1.82) is 0 Å². The van der Waals surface area contributed by atoms with E-state index in [9.17, 15) is 21.6 Å². The van der Waals surface area contributed by atoms with E-state index in [4.69, 9.17) is 11.6 Å². The van der Waals surface area contributed by atoms with E-state index in [-0.39, 0.29) is 11.3 Å². The first kappa shape index (κ1) is 24.6. The molecule has 3 heterocycles. The number of anilines is 1. The zero-order chi connectivity index (χ0) is 24.5. The van der Waals surface area contributed by atoms with E-state index >= 15 is 0 Å². The topological polar surface area (TPSA) is 114 Å². The van der Waals surface area contributed by atoms with Crippen molar-refractivity contribution in [3.05, 3.63) is 69.3 Å². The summed E-state index contributed by atoms with van der Waals surface area (Å²) in [5, 5.41) is 1.01. The lowest BCUT2D eigenvalue weighted by molar-refractivity contribution is -0.118. The highest BCUT2D eigenvalue weighted by molar-refractivity contribution is 7.92. The summed E-state index contributed by atoms with van der Waals surface area (Å²) < 4.78 is 51.9. The SMILES string of the molecule is CS(=O)(=O)c1ccccc1-c1ccc(N2CC[C@H](NS(=O)(=O)/C=C/c3ccc(Cl)s3)C2=O)nc1. The monoisotopic (exact) mass is 537 g/mol. The Bertz CT molecular complexity index is 1470. The lowest BCUT2D eigenvalue weighted by Gasteiger charge is -2.16. The maximum atomic E-state index is 12.8. The highest BCUT2D eigenvalue weighted by atomic mass is 35.5. The van der Waals surface area contributed by atoms with Gasteiger partial charge >= 0.3 is 0 Å². The van der Waals surface area contributed by atoms with Crippen molar-refractivity contribution >= 4 is 60.6 Å². The summed E-state index contributed by atoms with van der Waals surface area (Å²) in [5.41, 5.74) is 1.11. The lowest BCUT2D eigenvalue weighted by Crippen LogP contribution is -2.40. The molecule has 3 aromatic rings. The molecule has 4 rings (SSSR count). The van der Waals surface area contributed by atoms with E-state index in [0.717, 1.165) is 11.7 Å². The van der Waals surface area contributed by atoms with Crippen LogP contribution in [0.4, 0.5) is 5.82 Å². The van der Waals surface area contributed by atoms with Crippen LogP contribution in [0.15, 0.2) is 65.0 Å². The van der Waals surface area contributed by atoms with E-state index in [1.165, 1.54) is 34.6 Å². The molecule has 1 aliphatic rings. The number of nitrogens with one attached hydrogen (secondary N) is 1. The molecule has 1 atom stereocenters. The fraction of sp³-hybridized carbons (Fsp3) is 0.182. The average Bonchev–Trinajstić information content (AvgIpc) is 3.37. The van der Waals surface area contributed by atoms with Gasteiger partial charge in [-0.25, -0.2) is 21.8 Å². The Morgan fingerprint density at radius 1 is 1.12 bits per heavy atom. The van der Waals surface area contributed by atoms with Crippen molar-refractivity contribution in [3.63, 3.8) is 0 Å². The van der Waals surface area contributed by atoms with E-state index in [1.54, 1.807) is 42.5 Å². The zero-order valence-corrected chi connectivity index (χ0v) is 21.1. The van der Waals surface area contributed by atoms with Crippen LogP contribution in [-0.2, 0) is 24.7 Å². The number of amides is 1. The van der Waals surface area contributed by atoms with Crippen LogP contribution in [0.2, 0.25) is 4.34 Å². The summed E-state index contributed by atoms with van der Waals surface area (Å²) in [6.45, 7) is 0.294. The fourth-order valence-electron chi connectivity index (χ4n) is 3.56. The average molecular weight is 538 g/mol. The van der Waals surface area contributed by atoms with Gasteiger partial charge in [-0.1, -0.05) is 29.8 Å². The minimum absolute atomic E-state index is 0.189. The standard InChI is InChI=1S/C22H20ClN3O5S3/c1-33(28,29)19-5-3-2-4-17(19)15-6-9-21(24-14-15)26-12-10-18(22(26)27)25-34(30,31)13-11-16-7-8-20(23)32-16/h2-9,11,13-14,18,25H,10,12H2,1H3/b13-11+/t18-/m0/s1. The molecule has 0 saturated carbocycles. The maximum absolute atomic E-state index is 12.8. The lowest BCUT2D eigenvalue weighted by atomic mass is 10.1. The third-order valence-electron chi connectivity index (χ3n) is 5.14. The quantitative estimate of drug-likeness (QED) is 0.493. The molecule has 1 amide bonds. The van der Waals surface area contributed by atoms with Crippen molar-refractivity contribution in [2.75, 3.05) is 17.7 Å². The van der Waals surface area contributed by atoms with Gasteiger partial charge in [0, 0.05) is 40.4 Å². The van der Waals surface area contributed by atoms with E-state index < -0.39 is 31.8 Å². The number of hydrogen-bond acceptors (Lipinski definition) is 7. The smallest absolute Gasteiger partial charge is 0.246 e. The molecule has 1 aromatic carbocycles. The molecule has 1 saturated heterocycles. The van der Waals surface area contributed by atoms with E-state index in [2.05, 4.69) is 9.71 Å². The molecule has 0 unspecified atom stereocenters. The normalized spacial score (nSPS) is 17.1. The number of pyridine rings is 1. The first-order valence-electron chi connectivity index (χ1n) is 10.1. The van der Waals surface area contributed by atoms with Crippen LogP contribution in [0.5, 0.6) is 0 Å². The number of carbonyl (C=O) groups excluding carboxylic acids is 1. The van der Waals surface area contributed by atoms with Crippen molar-refractivity contribution in [1.82, 2.24) is 9.71 Å². The van der Waals surface area contributed by atoms with Crippen LogP contribution in [0.3, 0.4) is 0 Å². The third kappa shape index (κ3) is 5.56. The Labute approximate surface area is 206 Å². The van der Waals surface area contributed by atoms with Gasteiger partial charge < -0.3 is 0 Å². The molecular formula is C22H20ClN3O5S3. The second-order valence-electron chi connectivity index (χ2n) is 7.61. The first-order chi connectivity index (χ1) is 16.0. The summed E-state index contributed by atoms with van der Waals surface area (Å²) in [4.78, 5) is 19.4. The molecule has 0 radical (unpaired) electrons. The second kappa shape index (κ2) is 9.59. The molecule has 2 aromatic heterocycles. The highest BCUT2D eigenvalue weighted by Crippen LogP contribution is 2.29. The van der Waals surface area contributed by atoms with Crippen LogP contribution >= 0.6 is 22.9 Å². The number of nitrogens with zero attached hydrogens (tertiary/aromatic N) is 2. The molecule has 12 heteroatoms. The first-order valence-corrected chi connectivity index (χ1v) is 14.7. The van der Waals surface area contributed by atoms with Crippen LogP contribution in [0.25, 0.3) is 17.2 Å². The molecule has 1 fully saturated rings. The molecule has 1 aliphatic heterocycles. The van der Waals surface area contributed by atoms with Crippen molar-refractivity contribution in [3.8, 4) is 11.1 Å². The van der Waals surface area contributed by atoms with E-state index in [0.29, 0.717) is 32.7 Å². The highest BCUT2D eigenvalue weighted by Gasteiger charge is 2.35. The number of halogens is 1. The Morgan fingerprint density at radius 3 is 2.53 bits per heavy atom. The number of rotatable bonds is 7. The van der Waals surface area contributed by atoms with Crippen LogP contribution < -0.4 is 9.62 Å². The van der Waals surface area contributed by atoms with Crippen molar-refractivity contribution < 1.29 is 21.6 Å². The number of carbonyl (C=O) groups is 1. The van der Waals surface area contributed by atoms with Crippen LogP contribution in [0.1, 0.15) is 11.3 Å². The van der Waals surface area contributed by atoms with Gasteiger partial charge in [0.25, 0.3) is 0 Å². The Morgan fingerprint density at radius 2 is 1.88 bits per heavy atom. The minimum atomic E-state index is -3.85. The van der Waals surface area contributed by atoms with Gasteiger partial charge in [0.2, 0.25) is 15.9 Å². The van der Waals surface area contributed by atoms with Gasteiger partial charge in [0.1, 0.15) is 11.9 Å². The zero-order valence-electron chi connectivity index (χ0n) is 17.9. The molecule has 178 valence electrons. The molecule has 0 aliphatic carbocycles. The van der Waals surface area contributed by atoms with E-state index in [1.807, 2.05) is 0 Å². The molecule has 0 bridgehead atoms. The summed E-state index contributed by atoms with van der Waals surface area (Å²) in [5.74, 6) is -0.0519. The molecule has 1 N–H and O–H groups in total. The van der Waals surface area contributed by atoms with Gasteiger partial charge in [-0.05, 0) is 42.8 Å². The van der Waals surface area contributed by atoms with Crippen LogP contribution in [0, 0.1) is 0 Å².